The van der Waals surface area contributed by atoms with Crippen LogP contribution >= 0.6 is 11.6 Å². The van der Waals surface area contributed by atoms with E-state index in [1.165, 1.54) is 77.0 Å². The summed E-state index contributed by atoms with van der Waals surface area (Å²) in [6.45, 7) is 0. The lowest BCUT2D eigenvalue weighted by Crippen LogP contribution is -2.32. The predicted molar refractivity (Wildman–Crippen MR) is 76.1 cm³/mol. The van der Waals surface area contributed by atoms with Crippen LogP contribution in [0.4, 0.5) is 0 Å². The van der Waals surface area contributed by atoms with Crippen LogP contribution in [0.5, 0.6) is 0 Å². The summed E-state index contributed by atoms with van der Waals surface area (Å²) in [6, 6.07) is 0. The van der Waals surface area contributed by atoms with Crippen LogP contribution in [-0.4, -0.2) is 17.1 Å². The topological polar surface area (TPSA) is 9.23 Å². The molecule has 3 unspecified atom stereocenters. The molecule has 104 valence electrons. The molecule has 18 heavy (non-hydrogen) atoms. The smallest absolute Gasteiger partial charge is 0.0687 e. The van der Waals surface area contributed by atoms with Crippen molar-refractivity contribution in [1.29, 1.82) is 0 Å². The zero-order valence-electron chi connectivity index (χ0n) is 11.5. The lowest BCUT2D eigenvalue weighted by molar-refractivity contribution is -0.0708. The molecule has 1 nitrogen and oxygen atoms in total. The second-order valence-corrected chi connectivity index (χ2v) is 7.51. The van der Waals surface area contributed by atoms with Crippen LogP contribution in [0, 0.1) is 5.92 Å². The van der Waals surface area contributed by atoms with E-state index < -0.39 is 0 Å². The van der Waals surface area contributed by atoms with Crippen molar-refractivity contribution >= 4 is 11.6 Å². The van der Waals surface area contributed by atoms with Gasteiger partial charge in [0.15, 0.2) is 0 Å². The van der Waals surface area contributed by atoms with Gasteiger partial charge in [0.2, 0.25) is 0 Å². The SMILES string of the molecule is ClC1CCCC(CC2CCC3(CCCCC3)O2)C1. The molecule has 0 amide bonds. The summed E-state index contributed by atoms with van der Waals surface area (Å²) < 4.78 is 6.48. The number of ether oxygens (including phenoxy) is 1. The maximum absolute atomic E-state index is 6.48. The van der Waals surface area contributed by atoms with Gasteiger partial charge in [0.1, 0.15) is 0 Å². The highest BCUT2D eigenvalue weighted by Gasteiger charge is 2.41. The van der Waals surface area contributed by atoms with Gasteiger partial charge in [-0.25, -0.2) is 0 Å². The zero-order chi connectivity index (χ0) is 12.4. The van der Waals surface area contributed by atoms with E-state index in [0.29, 0.717) is 17.1 Å². The zero-order valence-corrected chi connectivity index (χ0v) is 12.3. The van der Waals surface area contributed by atoms with Gasteiger partial charge in [0, 0.05) is 5.38 Å². The van der Waals surface area contributed by atoms with Gasteiger partial charge in [-0.1, -0.05) is 32.1 Å². The summed E-state index contributed by atoms with van der Waals surface area (Å²) in [5.41, 5.74) is 0.304. The van der Waals surface area contributed by atoms with Gasteiger partial charge in [-0.2, -0.15) is 0 Å². The Labute approximate surface area is 117 Å². The Bertz CT molecular complexity index is 272. The first-order valence-corrected chi connectivity index (χ1v) is 8.51. The molecule has 3 atom stereocenters. The van der Waals surface area contributed by atoms with Gasteiger partial charge in [0.25, 0.3) is 0 Å². The van der Waals surface area contributed by atoms with Gasteiger partial charge in [-0.15, -0.1) is 11.6 Å². The first-order chi connectivity index (χ1) is 8.76. The summed E-state index contributed by atoms with van der Waals surface area (Å²) in [6.07, 6.45) is 16.5. The molecule has 2 aliphatic carbocycles. The molecular formula is C16H27ClO. The van der Waals surface area contributed by atoms with Gasteiger partial charge in [-0.3, -0.25) is 0 Å². The fourth-order valence-corrected chi connectivity index (χ4v) is 4.84. The van der Waals surface area contributed by atoms with E-state index in [0.717, 1.165) is 5.92 Å². The summed E-state index contributed by atoms with van der Waals surface area (Å²) in [5, 5.41) is 0.439. The quantitative estimate of drug-likeness (QED) is 0.638. The predicted octanol–water partition coefficient (Wildman–Crippen LogP) is 5.06. The summed E-state index contributed by atoms with van der Waals surface area (Å²) in [5.74, 6) is 0.838. The molecule has 0 aromatic rings. The van der Waals surface area contributed by atoms with Crippen molar-refractivity contribution in [3.8, 4) is 0 Å². The van der Waals surface area contributed by atoms with E-state index in [1.807, 2.05) is 0 Å². The molecule has 1 spiro atoms. The molecule has 3 aliphatic rings. The van der Waals surface area contributed by atoms with Gasteiger partial charge >= 0.3 is 0 Å². The Hall–Kier alpha value is 0.250. The van der Waals surface area contributed by atoms with Gasteiger partial charge in [-0.05, 0) is 50.9 Å². The molecule has 2 heteroatoms. The molecule has 0 aromatic heterocycles. The highest BCUT2D eigenvalue weighted by atomic mass is 35.5. The summed E-state index contributed by atoms with van der Waals surface area (Å²) >= 11 is 6.30. The molecular weight excluding hydrogens is 244 g/mol. The number of hydrogen-bond donors (Lipinski definition) is 0. The molecule has 2 saturated carbocycles. The first-order valence-electron chi connectivity index (χ1n) is 8.08. The number of alkyl halides is 1. The van der Waals surface area contributed by atoms with Crippen molar-refractivity contribution in [3.05, 3.63) is 0 Å². The molecule has 1 aliphatic heterocycles. The monoisotopic (exact) mass is 270 g/mol. The fourth-order valence-electron chi connectivity index (χ4n) is 4.44. The maximum atomic E-state index is 6.48. The van der Waals surface area contributed by atoms with Crippen LogP contribution in [0.2, 0.25) is 0 Å². The highest BCUT2D eigenvalue weighted by Crippen LogP contribution is 2.44. The van der Waals surface area contributed by atoms with Crippen LogP contribution in [0.3, 0.4) is 0 Å². The molecule has 3 rings (SSSR count). The van der Waals surface area contributed by atoms with E-state index in [4.69, 9.17) is 16.3 Å². The number of rotatable bonds is 2. The molecule has 0 bridgehead atoms. The third kappa shape index (κ3) is 3.04. The lowest BCUT2D eigenvalue weighted by Gasteiger charge is -2.34. The Morgan fingerprint density at radius 1 is 0.944 bits per heavy atom. The number of hydrogen-bond acceptors (Lipinski definition) is 1. The fraction of sp³-hybridized carbons (Fsp3) is 1.00. The Kier molecular flexibility index (Phi) is 4.20. The van der Waals surface area contributed by atoms with E-state index in [1.54, 1.807) is 0 Å². The third-order valence-corrected chi connectivity index (χ3v) is 5.81. The van der Waals surface area contributed by atoms with Crippen LogP contribution in [0.15, 0.2) is 0 Å². The van der Waals surface area contributed by atoms with Gasteiger partial charge in [0.05, 0.1) is 11.7 Å². The average molecular weight is 271 g/mol. The normalized spacial score (nSPS) is 40.2. The molecule has 3 fully saturated rings. The van der Waals surface area contributed by atoms with Gasteiger partial charge < -0.3 is 4.74 Å². The maximum Gasteiger partial charge on any atom is 0.0687 e. The molecule has 0 aromatic carbocycles. The minimum absolute atomic E-state index is 0.304. The van der Waals surface area contributed by atoms with E-state index in [2.05, 4.69) is 0 Å². The van der Waals surface area contributed by atoms with Crippen LogP contribution in [-0.2, 0) is 4.74 Å². The molecule has 0 radical (unpaired) electrons. The third-order valence-electron chi connectivity index (χ3n) is 5.42. The van der Waals surface area contributed by atoms with Crippen LogP contribution < -0.4 is 0 Å². The van der Waals surface area contributed by atoms with Crippen molar-refractivity contribution < 1.29 is 4.74 Å². The highest BCUT2D eigenvalue weighted by molar-refractivity contribution is 6.20. The average Bonchev–Trinajstić information content (AvgIpc) is 2.73. The molecule has 1 heterocycles. The second kappa shape index (κ2) is 5.71. The van der Waals surface area contributed by atoms with Crippen molar-refractivity contribution in [3.63, 3.8) is 0 Å². The van der Waals surface area contributed by atoms with E-state index in [9.17, 15) is 0 Å². The van der Waals surface area contributed by atoms with E-state index in [-0.39, 0.29) is 0 Å². The van der Waals surface area contributed by atoms with Crippen molar-refractivity contribution in [1.82, 2.24) is 0 Å². The minimum Gasteiger partial charge on any atom is -0.372 e. The largest absolute Gasteiger partial charge is 0.372 e. The van der Waals surface area contributed by atoms with E-state index >= 15 is 0 Å². The summed E-state index contributed by atoms with van der Waals surface area (Å²) in [7, 11) is 0. The second-order valence-electron chi connectivity index (χ2n) is 6.89. The summed E-state index contributed by atoms with van der Waals surface area (Å²) in [4.78, 5) is 0. The Morgan fingerprint density at radius 2 is 1.78 bits per heavy atom. The first kappa shape index (κ1) is 13.2. The van der Waals surface area contributed by atoms with Crippen molar-refractivity contribution in [2.24, 2.45) is 5.92 Å². The standard InChI is InChI=1S/C16H27ClO/c17-14-6-4-5-13(11-14)12-15-7-10-16(18-15)8-2-1-3-9-16/h13-15H,1-12H2. The lowest BCUT2D eigenvalue weighted by atomic mass is 9.82. The van der Waals surface area contributed by atoms with Crippen molar-refractivity contribution in [2.75, 3.05) is 0 Å². The Balaban J connectivity index is 1.49. The van der Waals surface area contributed by atoms with Crippen LogP contribution in [0.1, 0.15) is 77.0 Å². The number of halogens is 1. The molecule has 1 saturated heterocycles. The minimum atomic E-state index is 0.304. The van der Waals surface area contributed by atoms with Crippen molar-refractivity contribution in [2.45, 2.75) is 94.1 Å². The molecule has 0 N–H and O–H groups in total. The van der Waals surface area contributed by atoms with Crippen LogP contribution in [0.25, 0.3) is 0 Å². The Morgan fingerprint density at radius 3 is 2.56 bits per heavy atom.